The molecule has 0 saturated carbocycles. The van der Waals surface area contributed by atoms with E-state index in [2.05, 4.69) is 26.0 Å². The second kappa shape index (κ2) is 7.21. The minimum Gasteiger partial charge on any atom is -0.497 e. The molecule has 1 atom stereocenters. The second-order valence-corrected chi connectivity index (χ2v) is 5.70. The molecule has 136 valence electrons. The van der Waals surface area contributed by atoms with E-state index in [1.807, 2.05) is 6.92 Å². The van der Waals surface area contributed by atoms with E-state index in [0.29, 0.717) is 28.6 Å². The molecule has 10 nitrogen and oxygen atoms in total. The van der Waals surface area contributed by atoms with Crippen LogP contribution in [-0.4, -0.2) is 50.5 Å². The Morgan fingerprint density at radius 2 is 2.19 bits per heavy atom. The Bertz CT molecular complexity index is 891. The summed E-state index contributed by atoms with van der Waals surface area (Å²) >= 11 is 0. The number of anilines is 1. The van der Waals surface area contributed by atoms with Gasteiger partial charge in [0.15, 0.2) is 5.82 Å². The SMILES string of the molecule is COc1cc(NC(=O)N(C)C(C)c2ccon2)cc(-n2nnnc2C)c1. The highest BCUT2D eigenvalue weighted by Crippen LogP contribution is 2.25. The molecule has 2 heterocycles. The number of carbonyl (C=O) groups is 1. The van der Waals surface area contributed by atoms with Crippen LogP contribution in [-0.2, 0) is 0 Å². The molecule has 1 N–H and O–H groups in total. The number of hydrogen-bond donors (Lipinski definition) is 1. The number of nitrogens with one attached hydrogen (secondary N) is 1. The van der Waals surface area contributed by atoms with Gasteiger partial charge in [-0.15, -0.1) is 5.10 Å². The Kier molecular flexibility index (Phi) is 4.83. The summed E-state index contributed by atoms with van der Waals surface area (Å²) in [6.45, 7) is 3.64. The van der Waals surface area contributed by atoms with Crippen LogP contribution >= 0.6 is 0 Å². The molecule has 0 radical (unpaired) electrons. The number of rotatable bonds is 5. The lowest BCUT2D eigenvalue weighted by Crippen LogP contribution is -2.33. The molecule has 0 aliphatic heterocycles. The molecule has 26 heavy (non-hydrogen) atoms. The van der Waals surface area contributed by atoms with Gasteiger partial charge >= 0.3 is 6.03 Å². The summed E-state index contributed by atoms with van der Waals surface area (Å²) in [5, 5.41) is 18.2. The molecule has 2 amide bonds. The first-order valence-electron chi connectivity index (χ1n) is 7.88. The zero-order chi connectivity index (χ0) is 18.7. The maximum absolute atomic E-state index is 12.6. The van der Waals surface area contributed by atoms with Crippen LogP contribution in [0.1, 0.15) is 24.5 Å². The van der Waals surface area contributed by atoms with Gasteiger partial charge < -0.3 is 19.5 Å². The van der Waals surface area contributed by atoms with Crippen molar-refractivity contribution in [2.24, 2.45) is 0 Å². The summed E-state index contributed by atoms with van der Waals surface area (Å²) in [4.78, 5) is 14.1. The van der Waals surface area contributed by atoms with Crippen LogP contribution in [0.3, 0.4) is 0 Å². The molecular formula is C16H19N7O3. The highest BCUT2D eigenvalue weighted by Gasteiger charge is 2.20. The molecule has 10 heteroatoms. The molecule has 0 aliphatic rings. The maximum Gasteiger partial charge on any atom is 0.322 e. The van der Waals surface area contributed by atoms with Crippen molar-refractivity contribution in [3.8, 4) is 11.4 Å². The average Bonchev–Trinajstić information content (AvgIpc) is 3.31. The number of amides is 2. The van der Waals surface area contributed by atoms with Gasteiger partial charge in [-0.1, -0.05) is 5.16 Å². The number of aryl methyl sites for hydroxylation is 1. The standard InChI is InChI=1S/C16H19N7O3/c1-10(15-5-6-26-19-15)22(3)16(24)17-12-7-13(9-14(8-12)25-4)23-11(2)18-20-21-23/h5-10H,1-4H3,(H,17,24). The summed E-state index contributed by atoms with van der Waals surface area (Å²) in [6.07, 6.45) is 1.47. The summed E-state index contributed by atoms with van der Waals surface area (Å²) in [5.41, 5.74) is 1.89. The molecule has 3 rings (SSSR count). The number of benzene rings is 1. The van der Waals surface area contributed by atoms with Crippen molar-refractivity contribution in [3.05, 3.63) is 42.0 Å². The molecule has 1 unspecified atom stereocenters. The fourth-order valence-corrected chi connectivity index (χ4v) is 2.39. The van der Waals surface area contributed by atoms with E-state index in [9.17, 15) is 4.79 Å². The summed E-state index contributed by atoms with van der Waals surface area (Å²) in [7, 11) is 3.23. The van der Waals surface area contributed by atoms with Gasteiger partial charge in [0.05, 0.1) is 18.8 Å². The van der Waals surface area contributed by atoms with E-state index >= 15 is 0 Å². The van der Waals surface area contributed by atoms with Gasteiger partial charge in [-0.3, -0.25) is 0 Å². The lowest BCUT2D eigenvalue weighted by molar-refractivity contribution is 0.206. The lowest BCUT2D eigenvalue weighted by atomic mass is 10.2. The minimum absolute atomic E-state index is 0.249. The lowest BCUT2D eigenvalue weighted by Gasteiger charge is -2.23. The third-order valence-electron chi connectivity index (χ3n) is 4.04. The zero-order valence-electron chi connectivity index (χ0n) is 14.9. The predicted molar refractivity (Wildman–Crippen MR) is 92.1 cm³/mol. The largest absolute Gasteiger partial charge is 0.497 e. The first-order chi connectivity index (χ1) is 12.5. The van der Waals surface area contributed by atoms with Crippen LogP contribution in [0.4, 0.5) is 10.5 Å². The van der Waals surface area contributed by atoms with Gasteiger partial charge in [-0.05, 0) is 30.3 Å². The van der Waals surface area contributed by atoms with Crippen molar-refractivity contribution in [1.29, 1.82) is 0 Å². The first-order valence-corrected chi connectivity index (χ1v) is 7.88. The van der Waals surface area contributed by atoms with Crippen molar-refractivity contribution in [2.75, 3.05) is 19.5 Å². The molecule has 0 spiro atoms. The summed E-state index contributed by atoms with van der Waals surface area (Å²) in [5.74, 6) is 1.19. The van der Waals surface area contributed by atoms with E-state index in [0.717, 1.165) is 0 Å². The fraction of sp³-hybridized carbons (Fsp3) is 0.312. The molecular weight excluding hydrogens is 338 g/mol. The average molecular weight is 357 g/mol. The fourth-order valence-electron chi connectivity index (χ4n) is 2.39. The van der Waals surface area contributed by atoms with E-state index in [1.54, 1.807) is 50.0 Å². The third-order valence-corrected chi connectivity index (χ3v) is 4.04. The van der Waals surface area contributed by atoms with Crippen LogP contribution in [0.5, 0.6) is 5.75 Å². The van der Waals surface area contributed by atoms with E-state index in [1.165, 1.54) is 11.2 Å². The van der Waals surface area contributed by atoms with Crippen LogP contribution in [0.2, 0.25) is 0 Å². The van der Waals surface area contributed by atoms with Crippen LogP contribution in [0, 0.1) is 6.92 Å². The van der Waals surface area contributed by atoms with E-state index < -0.39 is 0 Å². The number of methoxy groups -OCH3 is 1. The van der Waals surface area contributed by atoms with Gasteiger partial charge in [0.25, 0.3) is 0 Å². The zero-order valence-corrected chi connectivity index (χ0v) is 14.9. The number of urea groups is 1. The van der Waals surface area contributed by atoms with Crippen molar-refractivity contribution in [1.82, 2.24) is 30.3 Å². The molecule has 0 aliphatic carbocycles. The third kappa shape index (κ3) is 3.48. The molecule has 2 aromatic heterocycles. The highest BCUT2D eigenvalue weighted by atomic mass is 16.5. The topological polar surface area (TPSA) is 111 Å². The first kappa shape index (κ1) is 17.4. The van der Waals surface area contributed by atoms with Gasteiger partial charge in [-0.2, -0.15) is 4.68 Å². The van der Waals surface area contributed by atoms with Crippen LogP contribution < -0.4 is 10.1 Å². The van der Waals surface area contributed by atoms with E-state index in [-0.39, 0.29) is 12.1 Å². The van der Waals surface area contributed by atoms with E-state index in [4.69, 9.17) is 9.26 Å². The Morgan fingerprint density at radius 1 is 1.38 bits per heavy atom. The van der Waals surface area contributed by atoms with Gasteiger partial charge in [-0.25, -0.2) is 4.79 Å². The predicted octanol–water partition coefficient (Wildman–Crippen LogP) is 2.19. The number of ether oxygens (including phenoxy) is 1. The quantitative estimate of drug-likeness (QED) is 0.745. The Hall–Kier alpha value is -3.43. The van der Waals surface area contributed by atoms with Crippen molar-refractivity contribution < 1.29 is 14.1 Å². The smallest absolute Gasteiger partial charge is 0.322 e. The van der Waals surface area contributed by atoms with Gasteiger partial charge in [0.1, 0.15) is 17.7 Å². The molecule has 1 aromatic carbocycles. The Labute approximate surface area is 149 Å². The number of tetrazole rings is 1. The Morgan fingerprint density at radius 3 is 2.81 bits per heavy atom. The van der Waals surface area contributed by atoms with Gasteiger partial charge in [0, 0.05) is 30.9 Å². The number of aromatic nitrogens is 5. The van der Waals surface area contributed by atoms with Crippen LogP contribution in [0.25, 0.3) is 5.69 Å². The number of hydrogen-bond acceptors (Lipinski definition) is 7. The monoisotopic (exact) mass is 357 g/mol. The van der Waals surface area contributed by atoms with Crippen molar-refractivity contribution in [2.45, 2.75) is 19.9 Å². The number of carbonyl (C=O) groups excluding carboxylic acids is 1. The van der Waals surface area contributed by atoms with Crippen molar-refractivity contribution in [3.63, 3.8) is 0 Å². The van der Waals surface area contributed by atoms with Crippen LogP contribution in [0.15, 0.2) is 35.1 Å². The Balaban J connectivity index is 1.82. The highest BCUT2D eigenvalue weighted by molar-refractivity contribution is 5.90. The maximum atomic E-state index is 12.6. The molecule has 0 fully saturated rings. The van der Waals surface area contributed by atoms with Crippen molar-refractivity contribution >= 4 is 11.7 Å². The number of nitrogens with zero attached hydrogens (tertiary/aromatic N) is 6. The normalized spacial score (nSPS) is 11.8. The molecule has 0 saturated heterocycles. The summed E-state index contributed by atoms with van der Waals surface area (Å²) < 4.78 is 11.7. The summed E-state index contributed by atoms with van der Waals surface area (Å²) in [6, 6.07) is 6.43. The van der Waals surface area contributed by atoms with Gasteiger partial charge in [0.2, 0.25) is 0 Å². The molecule has 3 aromatic rings. The second-order valence-electron chi connectivity index (χ2n) is 5.70. The molecule has 0 bridgehead atoms. The minimum atomic E-state index is -0.298.